The van der Waals surface area contributed by atoms with Crippen molar-refractivity contribution in [3.05, 3.63) is 30.0 Å². The summed E-state index contributed by atoms with van der Waals surface area (Å²) in [6, 6.07) is 6.32. The predicted octanol–water partition coefficient (Wildman–Crippen LogP) is 1.55. The third-order valence-electron chi connectivity index (χ3n) is 2.87. The second kappa shape index (κ2) is 5.51. The number of fused-ring (bicyclic) bond motifs is 1. The van der Waals surface area contributed by atoms with E-state index in [-0.39, 0.29) is 5.69 Å². The average Bonchev–Trinajstić information content (AvgIpc) is 2.81. The molecule has 0 radical (unpaired) electrons. The summed E-state index contributed by atoms with van der Waals surface area (Å²) in [6.07, 6.45) is 1.07. The predicted molar refractivity (Wildman–Crippen MR) is 69.9 cm³/mol. The number of nitrogens with one attached hydrogen (secondary N) is 2. The number of rotatable bonds is 5. The number of aliphatic carboxylic acids is 1. The molecule has 2 aromatic rings. The third kappa shape index (κ3) is 2.73. The zero-order valence-corrected chi connectivity index (χ0v) is 10.5. The number of aromatic nitrogens is 2. The molecule has 19 heavy (non-hydrogen) atoms. The quantitative estimate of drug-likeness (QED) is 0.760. The maximum absolute atomic E-state index is 12.1. The van der Waals surface area contributed by atoms with Gasteiger partial charge < -0.3 is 10.4 Å². The maximum atomic E-state index is 12.1. The molecular weight excluding hydrogens is 246 g/mol. The van der Waals surface area contributed by atoms with E-state index in [0.29, 0.717) is 18.2 Å². The van der Waals surface area contributed by atoms with Crippen LogP contribution < -0.4 is 5.32 Å². The summed E-state index contributed by atoms with van der Waals surface area (Å²) in [5, 5.41) is 18.9. The second-order valence-electron chi connectivity index (χ2n) is 4.27. The zero-order chi connectivity index (χ0) is 13.8. The van der Waals surface area contributed by atoms with Gasteiger partial charge in [-0.1, -0.05) is 31.5 Å². The number of carbonyl (C=O) groups is 2. The molecule has 0 fully saturated rings. The van der Waals surface area contributed by atoms with Crippen LogP contribution >= 0.6 is 0 Å². The van der Waals surface area contributed by atoms with E-state index in [0.717, 1.165) is 5.52 Å². The molecule has 6 nitrogen and oxygen atoms in total. The topological polar surface area (TPSA) is 95.1 Å². The number of aromatic amines is 1. The Labute approximate surface area is 109 Å². The van der Waals surface area contributed by atoms with Crippen LogP contribution in [-0.2, 0) is 4.79 Å². The second-order valence-corrected chi connectivity index (χ2v) is 4.27. The molecule has 0 bridgehead atoms. The van der Waals surface area contributed by atoms with Crippen molar-refractivity contribution in [2.45, 2.75) is 25.8 Å². The van der Waals surface area contributed by atoms with Gasteiger partial charge in [0.05, 0.1) is 5.52 Å². The highest BCUT2D eigenvalue weighted by Gasteiger charge is 2.22. The monoisotopic (exact) mass is 261 g/mol. The highest BCUT2D eigenvalue weighted by molar-refractivity contribution is 6.05. The van der Waals surface area contributed by atoms with Crippen molar-refractivity contribution in [3.8, 4) is 0 Å². The van der Waals surface area contributed by atoms with E-state index in [1.54, 1.807) is 18.2 Å². The highest BCUT2D eigenvalue weighted by atomic mass is 16.4. The lowest BCUT2D eigenvalue weighted by Gasteiger charge is -2.12. The van der Waals surface area contributed by atoms with Crippen LogP contribution in [0.2, 0.25) is 0 Å². The summed E-state index contributed by atoms with van der Waals surface area (Å²) >= 11 is 0. The van der Waals surface area contributed by atoms with Crippen LogP contribution in [0.3, 0.4) is 0 Å². The highest BCUT2D eigenvalue weighted by Crippen LogP contribution is 2.15. The van der Waals surface area contributed by atoms with Gasteiger partial charge in [-0.2, -0.15) is 5.10 Å². The maximum Gasteiger partial charge on any atom is 0.326 e. The molecule has 1 aromatic heterocycles. The Bertz CT molecular complexity index is 606. The van der Waals surface area contributed by atoms with Crippen LogP contribution in [0.4, 0.5) is 0 Å². The van der Waals surface area contributed by atoms with Crippen molar-refractivity contribution >= 4 is 22.8 Å². The molecule has 0 saturated carbocycles. The summed E-state index contributed by atoms with van der Waals surface area (Å²) in [5.74, 6) is -1.51. The number of amides is 1. The van der Waals surface area contributed by atoms with Gasteiger partial charge >= 0.3 is 5.97 Å². The Kier molecular flexibility index (Phi) is 3.79. The number of hydrogen-bond acceptors (Lipinski definition) is 3. The number of H-pyrrole nitrogens is 1. The van der Waals surface area contributed by atoms with E-state index in [2.05, 4.69) is 15.5 Å². The number of para-hydroxylation sites is 1. The van der Waals surface area contributed by atoms with E-state index < -0.39 is 17.9 Å². The first-order valence-corrected chi connectivity index (χ1v) is 6.10. The Morgan fingerprint density at radius 3 is 2.84 bits per heavy atom. The van der Waals surface area contributed by atoms with E-state index in [9.17, 15) is 9.59 Å². The van der Waals surface area contributed by atoms with Crippen molar-refractivity contribution in [3.63, 3.8) is 0 Å². The molecule has 0 spiro atoms. The number of carboxylic acid groups (broad SMARTS) is 1. The lowest BCUT2D eigenvalue weighted by Crippen LogP contribution is -2.40. The van der Waals surface area contributed by atoms with Gasteiger partial charge in [-0.3, -0.25) is 9.89 Å². The summed E-state index contributed by atoms with van der Waals surface area (Å²) < 4.78 is 0. The molecular formula is C13H15N3O3. The molecule has 1 atom stereocenters. The van der Waals surface area contributed by atoms with E-state index >= 15 is 0 Å². The standard InChI is InChI=1S/C13H15N3O3/c1-2-5-10(13(18)19)14-12(17)11-8-6-3-4-7-9(8)15-16-11/h3-4,6-7,10H,2,5H2,1H3,(H,14,17)(H,15,16)(H,18,19). The Morgan fingerprint density at radius 2 is 2.16 bits per heavy atom. The molecule has 100 valence electrons. The molecule has 6 heteroatoms. The minimum Gasteiger partial charge on any atom is -0.480 e. The minimum atomic E-state index is -1.03. The fraction of sp³-hybridized carbons (Fsp3) is 0.308. The summed E-state index contributed by atoms with van der Waals surface area (Å²) in [4.78, 5) is 23.1. The van der Waals surface area contributed by atoms with Crippen LogP contribution in [0.1, 0.15) is 30.3 Å². The van der Waals surface area contributed by atoms with Crippen LogP contribution in [-0.4, -0.2) is 33.2 Å². The lowest BCUT2D eigenvalue weighted by molar-refractivity contribution is -0.139. The number of carbonyl (C=O) groups excluding carboxylic acids is 1. The number of nitrogens with zero attached hydrogens (tertiary/aromatic N) is 1. The van der Waals surface area contributed by atoms with Gasteiger partial charge in [0.25, 0.3) is 5.91 Å². The Hall–Kier alpha value is -2.37. The van der Waals surface area contributed by atoms with Crippen molar-refractivity contribution < 1.29 is 14.7 Å². The Morgan fingerprint density at radius 1 is 1.42 bits per heavy atom. The molecule has 1 aromatic carbocycles. The van der Waals surface area contributed by atoms with Crippen LogP contribution in [0.15, 0.2) is 24.3 Å². The average molecular weight is 261 g/mol. The normalized spacial score (nSPS) is 12.3. The van der Waals surface area contributed by atoms with Gasteiger partial charge in [-0.15, -0.1) is 0 Å². The van der Waals surface area contributed by atoms with Gasteiger partial charge in [-0.05, 0) is 12.5 Å². The summed E-state index contributed by atoms with van der Waals surface area (Å²) in [6.45, 7) is 1.87. The largest absolute Gasteiger partial charge is 0.480 e. The summed E-state index contributed by atoms with van der Waals surface area (Å²) in [5.41, 5.74) is 0.966. The fourth-order valence-electron chi connectivity index (χ4n) is 1.91. The van der Waals surface area contributed by atoms with Crippen molar-refractivity contribution in [2.24, 2.45) is 0 Å². The van der Waals surface area contributed by atoms with Gasteiger partial charge in [0, 0.05) is 5.39 Å². The van der Waals surface area contributed by atoms with E-state index in [1.807, 2.05) is 13.0 Å². The first kappa shape index (κ1) is 13.1. The zero-order valence-electron chi connectivity index (χ0n) is 10.5. The van der Waals surface area contributed by atoms with Gasteiger partial charge in [0.1, 0.15) is 6.04 Å². The molecule has 1 amide bonds. The third-order valence-corrected chi connectivity index (χ3v) is 2.87. The SMILES string of the molecule is CCCC(NC(=O)c1n[nH]c2ccccc12)C(=O)O. The number of benzene rings is 1. The first-order valence-electron chi connectivity index (χ1n) is 6.10. The summed E-state index contributed by atoms with van der Waals surface area (Å²) in [7, 11) is 0. The van der Waals surface area contributed by atoms with Crippen LogP contribution in [0, 0.1) is 0 Å². The first-order chi connectivity index (χ1) is 9.13. The molecule has 3 N–H and O–H groups in total. The van der Waals surface area contributed by atoms with Crippen LogP contribution in [0.25, 0.3) is 10.9 Å². The van der Waals surface area contributed by atoms with Crippen molar-refractivity contribution in [1.82, 2.24) is 15.5 Å². The lowest BCUT2D eigenvalue weighted by atomic mass is 10.1. The van der Waals surface area contributed by atoms with Gasteiger partial charge in [-0.25, -0.2) is 4.79 Å². The Balaban J connectivity index is 2.22. The fourth-order valence-corrected chi connectivity index (χ4v) is 1.91. The number of carboxylic acids is 1. The molecule has 1 unspecified atom stereocenters. The number of hydrogen-bond donors (Lipinski definition) is 3. The van der Waals surface area contributed by atoms with Crippen molar-refractivity contribution in [2.75, 3.05) is 0 Å². The van der Waals surface area contributed by atoms with Gasteiger partial charge in [0.15, 0.2) is 5.69 Å². The van der Waals surface area contributed by atoms with Gasteiger partial charge in [0.2, 0.25) is 0 Å². The molecule has 0 aliphatic rings. The van der Waals surface area contributed by atoms with E-state index in [4.69, 9.17) is 5.11 Å². The minimum absolute atomic E-state index is 0.220. The van der Waals surface area contributed by atoms with E-state index in [1.165, 1.54) is 0 Å². The molecule has 0 aliphatic heterocycles. The molecule has 0 saturated heterocycles. The van der Waals surface area contributed by atoms with Crippen molar-refractivity contribution in [1.29, 1.82) is 0 Å². The van der Waals surface area contributed by atoms with Crippen LogP contribution in [0.5, 0.6) is 0 Å². The smallest absolute Gasteiger partial charge is 0.326 e. The molecule has 1 heterocycles. The molecule has 0 aliphatic carbocycles. The molecule has 2 rings (SSSR count).